The minimum atomic E-state index is -3.39. The van der Waals surface area contributed by atoms with E-state index in [2.05, 4.69) is 4.18 Å². The first kappa shape index (κ1) is 15.5. The van der Waals surface area contributed by atoms with Crippen LogP contribution >= 0.6 is 0 Å². The molecule has 0 amide bonds. The van der Waals surface area contributed by atoms with E-state index >= 15 is 0 Å². The van der Waals surface area contributed by atoms with Crippen LogP contribution < -0.4 is 4.74 Å². The third-order valence-corrected chi connectivity index (χ3v) is 2.76. The predicted octanol–water partition coefficient (Wildman–Crippen LogP) is 1.06. The summed E-state index contributed by atoms with van der Waals surface area (Å²) in [5.74, 6) is -0.559. The lowest BCUT2D eigenvalue weighted by atomic mass is 10.1. The summed E-state index contributed by atoms with van der Waals surface area (Å²) in [5.41, 5.74) is 0.931. The molecule has 1 rings (SSSR count). The molecule has 0 aliphatic heterocycles. The number of carboxylic acids is 1. The second-order valence-corrected chi connectivity index (χ2v) is 5.60. The van der Waals surface area contributed by atoms with Crippen molar-refractivity contribution in [3.8, 4) is 5.75 Å². The molecule has 1 N–H and O–H groups in total. The van der Waals surface area contributed by atoms with Gasteiger partial charge < -0.3 is 9.84 Å². The fourth-order valence-electron chi connectivity index (χ4n) is 1.42. The van der Waals surface area contributed by atoms with Crippen molar-refractivity contribution in [2.45, 2.75) is 12.8 Å². The van der Waals surface area contributed by atoms with Crippen molar-refractivity contribution in [1.82, 2.24) is 0 Å². The van der Waals surface area contributed by atoms with Gasteiger partial charge in [0, 0.05) is 0 Å². The first-order valence-corrected chi connectivity index (χ1v) is 7.46. The third-order valence-electron chi connectivity index (χ3n) is 2.17. The van der Waals surface area contributed by atoms with Crippen LogP contribution in [0.5, 0.6) is 5.75 Å². The Morgan fingerprint density at radius 3 is 2.74 bits per heavy atom. The monoisotopic (exact) mass is 288 g/mol. The fraction of sp³-hybridized carbons (Fsp3) is 0.417. The van der Waals surface area contributed by atoms with Crippen LogP contribution in [0.15, 0.2) is 24.3 Å². The average Bonchev–Trinajstić information content (AvgIpc) is 2.32. The maximum atomic E-state index is 10.7. The lowest BCUT2D eigenvalue weighted by Crippen LogP contribution is -2.09. The Kier molecular flexibility index (Phi) is 5.78. The largest absolute Gasteiger partial charge is 0.482 e. The molecule has 0 bridgehead atoms. The van der Waals surface area contributed by atoms with Crippen molar-refractivity contribution in [1.29, 1.82) is 0 Å². The molecule has 0 heterocycles. The van der Waals surface area contributed by atoms with E-state index in [-0.39, 0.29) is 13.2 Å². The second kappa shape index (κ2) is 7.10. The highest BCUT2D eigenvalue weighted by Crippen LogP contribution is 2.14. The van der Waals surface area contributed by atoms with E-state index in [0.29, 0.717) is 18.6 Å². The lowest BCUT2D eigenvalue weighted by molar-refractivity contribution is -0.139. The normalized spacial score (nSPS) is 11.2. The molecule has 0 atom stereocenters. The number of aryl methyl sites for hydroxylation is 1. The summed E-state index contributed by atoms with van der Waals surface area (Å²) in [6.07, 6.45) is 2.18. The zero-order valence-electron chi connectivity index (χ0n) is 10.5. The van der Waals surface area contributed by atoms with Crippen LogP contribution in [0.4, 0.5) is 0 Å². The maximum absolute atomic E-state index is 10.7. The SMILES string of the molecule is CS(=O)(=O)OCCCc1cccc(OCC(=O)O)c1. The Labute approximate surface area is 112 Å². The van der Waals surface area contributed by atoms with E-state index in [1.165, 1.54) is 0 Å². The molecule has 0 spiro atoms. The van der Waals surface area contributed by atoms with Gasteiger partial charge in [-0.15, -0.1) is 0 Å². The first-order chi connectivity index (χ1) is 8.87. The van der Waals surface area contributed by atoms with Gasteiger partial charge in [-0.25, -0.2) is 4.79 Å². The minimum Gasteiger partial charge on any atom is -0.482 e. The van der Waals surface area contributed by atoms with E-state index in [1.54, 1.807) is 18.2 Å². The standard InChI is InChI=1S/C12H16O6S/c1-19(15,16)18-7-3-5-10-4-2-6-11(8-10)17-9-12(13)14/h2,4,6,8H,3,5,7,9H2,1H3,(H,13,14). The van der Waals surface area contributed by atoms with E-state index in [9.17, 15) is 13.2 Å². The van der Waals surface area contributed by atoms with Crippen LogP contribution in [0.25, 0.3) is 0 Å². The predicted molar refractivity (Wildman–Crippen MR) is 68.7 cm³/mol. The Bertz CT molecular complexity index is 523. The molecule has 1 aromatic rings. The molecule has 106 valence electrons. The zero-order valence-corrected chi connectivity index (χ0v) is 11.4. The summed E-state index contributed by atoms with van der Waals surface area (Å²) in [5, 5.41) is 8.50. The van der Waals surface area contributed by atoms with Gasteiger partial charge in [-0.05, 0) is 30.5 Å². The summed E-state index contributed by atoms with van der Waals surface area (Å²) in [6, 6.07) is 7.00. The lowest BCUT2D eigenvalue weighted by Gasteiger charge is -2.06. The smallest absolute Gasteiger partial charge is 0.341 e. The summed E-state index contributed by atoms with van der Waals surface area (Å²) in [6.45, 7) is -0.264. The average molecular weight is 288 g/mol. The van der Waals surface area contributed by atoms with Crippen molar-refractivity contribution in [3.05, 3.63) is 29.8 Å². The number of carbonyl (C=O) groups is 1. The Morgan fingerprint density at radius 2 is 2.11 bits per heavy atom. The van der Waals surface area contributed by atoms with E-state index < -0.39 is 16.1 Å². The van der Waals surface area contributed by atoms with Crippen LogP contribution in [-0.2, 0) is 25.5 Å². The molecule has 1 aromatic carbocycles. The number of hydrogen-bond acceptors (Lipinski definition) is 5. The summed E-state index contributed by atoms with van der Waals surface area (Å²) in [7, 11) is -3.39. The van der Waals surface area contributed by atoms with Gasteiger partial charge in [-0.3, -0.25) is 4.18 Å². The summed E-state index contributed by atoms with van der Waals surface area (Å²) >= 11 is 0. The van der Waals surface area contributed by atoms with Gasteiger partial charge in [-0.2, -0.15) is 8.42 Å². The zero-order chi connectivity index (χ0) is 14.3. The molecule has 0 fully saturated rings. The van der Waals surface area contributed by atoms with Gasteiger partial charge in [0.15, 0.2) is 6.61 Å². The molecule has 7 heteroatoms. The number of carboxylic acid groups (broad SMARTS) is 1. The first-order valence-electron chi connectivity index (χ1n) is 5.65. The molecular weight excluding hydrogens is 272 g/mol. The van der Waals surface area contributed by atoms with Crippen LogP contribution in [0.1, 0.15) is 12.0 Å². The van der Waals surface area contributed by atoms with Gasteiger partial charge in [0.1, 0.15) is 5.75 Å². The van der Waals surface area contributed by atoms with E-state index in [4.69, 9.17) is 9.84 Å². The van der Waals surface area contributed by atoms with Crippen molar-refractivity contribution < 1.29 is 27.2 Å². The highest BCUT2D eigenvalue weighted by atomic mass is 32.2. The van der Waals surface area contributed by atoms with Crippen LogP contribution in [-0.4, -0.2) is 39.0 Å². The van der Waals surface area contributed by atoms with Crippen LogP contribution in [0, 0.1) is 0 Å². The topological polar surface area (TPSA) is 89.9 Å². The number of ether oxygens (including phenoxy) is 1. The molecule has 0 aliphatic rings. The highest BCUT2D eigenvalue weighted by Gasteiger charge is 2.03. The number of aliphatic carboxylic acids is 1. The summed E-state index contributed by atoms with van der Waals surface area (Å²) < 4.78 is 31.2. The Hall–Kier alpha value is -1.60. The van der Waals surface area contributed by atoms with Crippen molar-refractivity contribution in [2.24, 2.45) is 0 Å². The number of hydrogen-bond donors (Lipinski definition) is 1. The highest BCUT2D eigenvalue weighted by molar-refractivity contribution is 7.85. The minimum absolute atomic E-state index is 0.124. The van der Waals surface area contributed by atoms with Gasteiger partial charge in [0.05, 0.1) is 12.9 Å². The number of rotatable bonds is 8. The van der Waals surface area contributed by atoms with Crippen molar-refractivity contribution >= 4 is 16.1 Å². The second-order valence-electron chi connectivity index (χ2n) is 3.96. The Balaban J connectivity index is 2.41. The van der Waals surface area contributed by atoms with Crippen LogP contribution in [0.3, 0.4) is 0 Å². The molecule has 0 saturated heterocycles. The van der Waals surface area contributed by atoms with Gasteiger partial charge in [-0.1, -0.05) is 12.1 Å². The summed E-state index contributed by atoms with van der Waals surface area (Å²) in [4.78, 5) is 10.4. The van der Waals surface area contributed by atoms with Crippen LogP contribution in [0.2, 0.25) is 0 Å². The Morgan fingerprint density at radius 1 is 1.37 bits per heavy atom. The van der Waals surface area contributed by atoms with E-state index in [1.807, 2.05) is 6.07 Å². The molecule has 0 aromatic heterocycles. The molecule has 0 unspecified atom stereocenters. The van der Waals surface area contributed by atoms with Crippen molar-refractivity contribution in [3.63, 3.8) is 0 Å². The maximum Gasteiger partial charge on any atom is 0.341 e. The molecule has 0 radical (unpaired) electrons. The molecule has 19 heavy (non-hydrogen) atoms. The number of benzene rings is 1. The molecule has 0 saturated carbocycles. The molecule has 0 aliphatic carbocycles. The molecule has 6 nitrogen and oxygen atoms in total. The van der Waals surface area contributed by atoms with Crippen molar-refractivity contribution in [2.75, 3.05) is 19.5 Å². The van der Waals surface area contributed by atoms with E-state index in [0.717, 1.165) is 11.8 Å². The quantitative estimate of drug-likeness (QED) is 0.568. The molecular formula is C12H16O6S. The van der Waals surface area contributed by atoms with Gasteiger partial charge in [0.25, 0.3) is 10.1 Å². The van der Waals surface area contributed by atoms with Gasteiger partial charge >= 0.3 is 5.97 Å². The fourth-order valence-corrected chi connectivity index (χ4v) is 1.84. The van der Waals surface area contributed by atoms with Gasteiger partial charge in [0.2, 0.25) is 0 Å². The third kappa shape index (κ3) is 7.43.